The molecule has 0 aliphatic rings. The van der Waals surface area contributed by atoms with Gasteiger partial charge in [-0.05, 0) is 17.7 Å². The van der Waals surface area contributed by atoms with Gasteiger partial charge in [-0.25, -0.2) is 0 Å². The third-order valence-electron chi connectivity index (χ3n) is 3.01. The zero-order valence-electron chi connectivity index (χ0n) is 10.5. The minimum Gasteiger partial charge on any atom is -0.0622 e. The van der Waals surface area contributed by atoms with Crippen molar-refractivity contribution in [2.24, 2.45) is 0 Å². The Hall–Kier alpha value is -1.21. The zero-order valence-corrected chi connectivity index (χ0v) is 11.3. The molecule has 0 aliphatic carbocycles. The van der Waals surface area contributed by atoms with Crippen LogP contribution in [0.25, 0.3) is 0 Å². The van der Waals surface area contributed by atoms with E-state index in [0.29, 0.717) is 16.8 Å². The summed E-state index contributed by atoms with van der Waals surface area (Å²) in [5, 5.41) is 0. The largest absolute Gasteiger partial charge is 0.154 e. The van der Waals surface area contributed by atoms with Crippen molar-refractivity contribution in [2.75, 3.05) is 12.0 Å². The van der Waals surface area contributed by atoms with Crippen molar-refractivity contribution < 1.29 is 0 Å². The molecule has 0 heterocycles. The van der Waals surface area contributed by atoms with E-state index in [1.807, 2.05) is 0 Å². The predicted octanol–water partition coefficient (Wildman–Crippen LogP) is 4.10. The van der Waals surface area contributed by atoms with Crippen molar-refractivity contribution in [1.82, 2.24) is 0 Å². The van der Waals surface area contributed by atoms with E-state index < -0.39 is 0 Å². The molecule has 2 atom stereocenters. The molecule has 0 N–H and O–H groups in total. The second-order valence-corrected chi connectivity index (χ2v) is 6.51. The molecule has 17 heavy (non-hydrogen) atoms. The average Bonchev–Trinajstić information content (AvgIpc) is 2.40. The molecule has 0 radical (unpaired) electrons. The standard InChI is InChI=1S/C16H19S/c1-14(15-9-5-3-6-10-15)13-17(2)16-11-7-4-8-12-16/h3-12,14H,13H2,1-2H3/q+1. The van der Waals surface area contributed by atoms with Crippen LogP contribution in [0.2, 0.25) is 0 Å². The molecule has 2 aromatic carbocycles. The van der Waals surface area contributed by atoms with E-state index in [9.17, 15) is 0 Å². The Morgan fingerprint density at radius 1 is 0.882 bits per heavy atom. The van der Waals surface area contributed by atoms with Gasteiger partial charge in [0.25, 0.3) is 0 Å². The van der Waals surface area contributed by atoms with Crippen LogP contribution in [-0.2, 0) is 10.9 Å². The molecule has 0 spiro atoms. The Balaban J connectivity index is 2.02. The fraction of sp³-hybridized carbons (Fsp3) is 0.250. The number of rotatable bonds is 4. The lowest BCUT2D eigenvalue weighted by Gasteiger charge is -2.11. The summed E-state index contributed by atoms with van der Waals surface area (Å²) in [6.45, 7) is 2.32. The highest BCUT2D eigenvalue weighted by atomic mass is 32.2. The Bertz CT molecular complexity index is 392. The smallest absolute Gasteiger partial charge is 0.0622 e. The second-order valence-electron chi connectivity index (χ2n) is 4.43. The topological polar surface area (TPSA) is 0 Å². The monoisotopic (exact) mass is 243 g/mol. The lowest BCUT2D eigenvalue weighted by atomic mass is 10.0. The molecule has 0 bridgehead atoms. The van der Waals surface area contributed by atoms with E-state index in [1.165, 1.54) is 16.2 Å². The minimum atomic E-state index is 0.336. The first-order valence-electron chi connectivity index (χ1n) is 6.00. The molecule has 0 saturated heterocycles. The first-order chi connectivity index (χ1) is 8.27. The highest BCUT2D eigenvalue weighted by Crippen LogP contribution is 2.21. The van der Waals surface area contributed by atoms with E-state index in [-0.39, 0.29) is 0 Å². The van der Waals surface area contributed by atoms with Crippen LogP contribution in [-0.4, -0.2) is 12.0 Å². The molecular formula is C16H19S+. The Kier molecular flexibility index (Phi) is 4.27. The molecular weight excluding hydrogens is 224 g/mol. The van der Waals surface area contributed by atoms with Gasteiger partial charge in [0.2, 0.25) is 0 Å². The first kappa shape index (κ1) is 12.3. The average molecular weight is 243 g/mol. The van der Waals surface area contributed by atoms with E-state index in [1.54, 1.807) is 0 Å². The molecule has 1 heteroatoms. The quantitative estimate of drug-likeness (QED) is 0.709. The molecule has 2 rings (SSSR count). The molecule has 2 aromatic rings. The summed E-state index contributed by atoms with van der Waals surface area (Å²) in [5.74, 6) is 1.86. The van der Waals surface area contributed by atoms with Gasteiger partial charge in [0, 0.05) is 16.8 Å². The predicted molar refractivity (Wildman–Crippen MR) is 77.7 cm³/mol. The van der Waals surface area contributed by atoms with Gasteiger partial charge in [-0.15, -0.1) is 0 Å². The van der Waals surface area contributed by atoms with Gasteiger partial charge in [0.15, 0.2) is 4.90 Å². The lowest BCUT2D eigenvalue weighted by Crippen LogP contribution is -2.11. The Morgan fingerprint density at radius 3 is 2.00 bits per heavy atom. The highest BCUT2D eigenvalue weighted by Gasteiger charge is 2.19. The van der Waals surface area contributed by atoms with Crippen molar-refractivity contribution in [3.63, 3.8) is 0 Å². The van der Waals surface area contributed by atoms with Crippen LogP contribution in [0.1, 0.15) is 18.4 Å². The third-order valence-corrected chi connectivity index (χ3v) is 5.09. The highest BCUT2D eigenvalue weighted by molar-refractivity contribution is 7.96. The van der Waals surface area contributed by atoms with E-state index in [2.05, 4.69) is 73.8 Å². The van der Waals surface area contributed by atoms with Gasteiger partial charge in [-0.2, -0.15) is 0 Å². The van der Waals surface area contributed by atoms with Crippen molar-refractivity contribution >= 4 is 10.9 Å². The molecule has 88 valence electrons. The summed E-state index contributed by atoms with van der Waals surface area (Å²) in [6, 6.07) is 21.6. The summed E-state index contributed by atoms with van der Waals surface area (Å²) >= 11 is 0. The Labute approximate surface area is 107 Å². The van der Waals surface area contributed by atoms with Gasteiger partial charge < -0.3 is 0 Å². The molecule has 2 unspecified atom stereocenters. The normalized spacial score (nSPS) is 14.2. The lowest BCUT2D eigenvalue weighted by molar-refractivity contribution is 0.876. The van der Waals surface area contributed by atoms with Crippen LogP contribution in [0.5, 0.6) is 0 Å². The van der Waals surface area contributed by atoms with Crippen molar-refractivity contribution in [2.45, 2.75) is 17.7 Å². The summed E-state index contributed by atoms with van der Waals surface area (Å²) in [6.07, 6.45) is 2.34. The van der Waals surface area contributed by atoms with E-state index in [0.717, 1.165) is 0 Å². The molecule has 0 aliphatic heterocycles. The fourth-order valence-corrected chi connectivity index (χ4v) is 3.76. The van der Waals surface area contributed by atoms with E-state index in [4.69, 9.17) is 0 Å². The number of hydrogen-bond donors (Lipinski definition) is 0. The summed E-state index contributed by atoms with van der Waals surface area (Å²) < 4.78 is 0. The molecule has 0 fully saturated rings. The molecule has 0 amide bonds. The SMILES string of the molecule is CC(C[S+](C)c1ccccc1)c1ccccc1. The van der Waals surface area contributed by atoms with Gasteiger partial charge in [-0.3, -0.25) is 0 Å². The van der Waals surface area contributed by atoms with Crippen LogP contribution < -0.4 is 0 Å². The van der Waals surface area contributed by atoms with Crippen LogP contribution in [0.15, 0.2) is 65.6 Å². The van der Waals surface area contributed by atoms with Crippen LogP contribution >= 0.6 is 0 Å². The van der Waals surface area contributed by atoms with Gasteiger partial charge >= 0.3 is 0 Å². The summed E-state index contributed by atoms with van der Waals surface area (Å²) in [4.78, 5) is 1.47. The van der Waals surface area contributed by atoms with Crippen molar-refractivity contribution in [3.8, 4) is 0 Å². The van der Waals surface area contributed by atoms with E-state index >= 15 is 0 Å². The van der Waals surface area contributed by atoms with Crippen molar-refractivity contribution in [3.05, 3.63) is 66.2 Å². The maximum absolute atomic E-state index is 2.34. The van der Waals surface area contributed by atoms with Gasteiger partial charge in [0.05, 0.1) is 0 Å². The fourth-order valence-electron chi connectivity index (χ4n) is 2.00. The molecule has 0 aromatic heterocycles. The van der Waals surface area contributed by atoms with Crippen LogP contribution in [0, 0.1) is 0 Å². The summed E-state index contributed by atoms with van der Waals surface area (Å²) in [5.41, 5.74) is 1.45. The number of hydrogen-bond acceptors (Lipinski definition) is 0. The van der Waals surface area contributed by atoms with Gasteiger partial charge in [-0.1, -0.05) is 55.5 Å². The molecule has 0 saturated carbocycles. The minimum absolute atomic E-state index is 0.336. The summed E-state index contributed by atoms with van der Waals surface area (Å²) in [7, 11) is 0.336. The third kappa shape index (κ3) is 3.37. The van der Waals surface area contributed by atoms with Crippen molar-refractivity contribution in [1.29, 1.82) is 0 Å². The van der Waals surface area contributed by atoms with Gasteiger partial charge in [0.1, 0.15) is 12.0 Å². The first-order valence-corrected chi connectivity index (χ1v) is 7.80. The van der Waals surface area contributed by atoms with Crippen LogP contribution in [0.4, 0.5) is 0 Å². The maximum Gasteiger partial charge on any atom is 0.154 e. The number of benzene rings is 2. The zero-order chi connectivity index (χ0) is 12.1. The Morgan fingerprint density at radius 2 is 1.41 bits per heavy atom. The van der Waals surface area contributed by atoms with Crippen LogP contribution in [0.3, 0.4) is 0 Å². The molecule has 0 nitrogen and oxygen atoms in total. The maximum atomic E-state index is 2.34. The second kappa shape index (κ2) is 5.92.